The summed E-state index contributed by atoms with van der Waals surface area (Å²) < 4.78 is 0. The Labute approximate surface area is 196 Å². The zero-order valence-electron chi connectivity index (χ0n) is 21.4. The molecule has 4 rings (SSSR count). The zero-order valence-corrected chi connectivity index (χ0v) is 21.4. The molecule has 32 heavy (non-hydrogen) atoms. The third-order valence-corrected chi connectivity index (χ3v) is 9.75. The molecule has 0 bridgehead atoms. The molecular formula is C30H45NO. The number of carbonyl (C=O) groups excluding carboxylic acids is 1. The van der Waals surface area contributed by atoms with Gasteiger partial charge in [0.2, 0.25) is 5.91 Å². The smallest absolute Gasteiger partial charge is 0.230 e. The number of aryl methyl sites for hydroxylation is 2. The van der Waals surface area contributed by atoms with Crippen molar-refractivity contribution in [2.75, 3.05) is 5.32 Å². The molecule has 1 saturated carbocycles. The lowest BCUT2D eigenvalue weighted by molar-refractivity contribution is -0.135. The van der Waals surface area contributed by atoms with E-state index in [-0.39, 0.29) is 16.7 Å². The van der Waals surface area contributed by atoms with Gasteiger partial charge in [0.15, 0.2) is 0 Å². The van der Waals surface area contributed by atoms with E-state index in [1.54, 1.807) is 11.1 Å². The van der Waals surface area contributed by atoms with Crippen LogP contribution in [0.5, 0.6) is 0 Å². The van der Waals surface area contributed by atoms with Gasteiger partial charge in [0, 0.05) is 5.69 Å². The van der Waals surface area contributed by atoms with Gasteiger partial charge in [-0.05, 0) is 92.1 Å². The molecule has 2 heteroatoms. The summed E-state index contributed by atoms with van der Waals surface area (Å²) in [5.74, 6) is 2.36. The van der Waals surface area contributed by atoms with Crippen LogP contribution in [0, 0.1) is 28.6 Å². The predicted molar refractivity (Wildman–Crippen MR) is 136 cm³/mol. The average Bonchev–Trinajstić information content (AvgIpc) is 2.78. The largest absolute Gasteiger partial charge is 0.325 e. The molecule has 2 nitrogen and oxygen atoms in total. The molecular weight excluding hydrogens is 390 g/mol. The zero-order chi connectivity index (χ0) is 23.1. The third kappa shape index (κ3) is 3.86. The summed E-state index contributed by atoms with van der Waals surface area (Å²) in [5.41, 5.74) is 7.06. The molecule has 1 fully saturated rings. The molecule has 176 valence electrons. The highest BCUT2D eigenvalue weighted by atomic mass is 16.2. The number of carbonyl (C=O) groups is 1. The first kappa shape index (κ1) is 23.6. The van der Waals surface area contributed by atoms with Crippen molar-refractivity contribution in [1.82, 2.24) is 0 Å². The Bertz CT molecular complexity index is 874. The van der Waals surface area contributed by atoms with Gasteiger partial charge in [-0.15, -0.1) is 0 Å². The molecule has 0 aliphatic heterocycles. The van der Waals surface area contributed by atoms with Gasteiger partial charge in [-0.1, -0.05) is 77.3 Å². The number of anilines is 1. The van der Waals surface area contributed by atoms with E-state index in [0.717, 1.165) is 43.2 Å². The van der Waals surface area contributed by atoms with Gasteiger partial charge in [0.25, 0.3) is 0 Å². The van der Waals surface area contributed by atoms with Crippen molar-refractivity contribution in [3.05, 3.63) is 40.5 Å². The first-order valence-corrected chi connectivity index (χ1v) is 13.4. The first-order chi connectivity index (χ1) is 15.2. The number of para-hydroxylation sites is 1. The van der Waals surface area contributed by atoms with Crippen molar-refractivity contribution in [2.45, 2.75) is 106 Å². The molecule has 4 atom stereocenters. The second-order valence-corrected chi connectivity index (χ2v) is 11.7. The molecule has 1 amide bonds. The van der Waals surface area contributed by atoms with Gasteiger partial charge < -0.3 is 5.32 Å². The summed E-state index contributed by atoms with van der Waals surface area (Å²) in [6.07, 6.45) is 11.7. The van der Waals surface area contributed by atoms with Crippen molar-refractivity contribution in [2.24, 2.45) is 28.6 Å². The highest BCUT2D eigenvalue weighted by molar-refractivity contribution is 5.97. The van der Waals surface area contributed by atoms with Crippen LogP contribution in [0.4, 0.5) is 5.69 Å². The number of nitrogens with one attached hydrogen (secondary N) is 1. The number of amides is 1. The lowest BCUT2D eigenvalue weighted by Crippen LogP contribution is -2.52. The van der Waals surface area contributed by atoms with Gasteiger partial charge in [0.1, 0.15) is 0 Å². The minimum Gasteiger partial charge on any atom is -0.325 e. The highest BCUT2D eigenvalue weighted by Gasteiger charge is 2.56. The molecule has 1 aromatic rings. The molecule has 0 saturated heterocycles. The van der Waals surface area contributed by atoms with Crippen molar-refractivity contribution >= 4 is 11.6 Å². The Kier molecular flexibility index (Phi) is 6.63. The Balaban J connectivity index is 1.64. The fourth-order valence-corrected chi connectivity index (χ4v) is 7.68. The van der Waals surface area contributed by atoms with Crippen LogP contribution >= 0.6 is 0 Å². The summed E-state index contributed by atoms with van der Waals surface area (Å²) in [6, 6.07) is 6.48. The molecule has 3 unspecified atom stereocenters. The topological polar surface area (TPSA) is 29.1 Å². The number of hydrogen-bond acceptors (Lipinski definition) is 1. The van der Waals surface area contributed by atoms with Crippen LogP contribution in [0.2, 0.25) is 0 Å². The maximum atomic E-state index is 14.0. The Hall–Kier alpha value is -1.57. The first-order valence-electron chi connectivity index (χ1n) is 13.4. The monoisotopic (exact) mass is 435 g/mol. The Morgan fingerprint density at radius 2 is 1.75 bits per heavy atom. The van der Waals surface area contributed by atoms with E-state index < -0.39 is 0 Å². The normalized spacial score (nSPS) is 32.5. The maximum absolute atomic E-state index is 14.0. The molecule has 0 heterocycles. The van der Waals surface area contributed by atoms with Crippen molar-refractivity contribution in [1.29, 1.82) is 0 Å². The summed E-state index contributed by atoms with van der Waals surface area (Å²) in [5, 5.41) is 3.48. The second-order valence-electron chi connectivity index (χ2n) is 11.7. The quantitative estimate of drug-likeness (QED) is 0.465. The van der Waals surface area contributed by atoms with Crippen LogP contribution in [0.1, 0.15) is 104 Å². The van der Waals surface area contributed by atoms with E-state index in [9.17, 15) is 4.79 Å². The van der Waals surface area contributed by atoms with Crippen molar-refractivity contribution < 1.29 is 4.79 Å². The predicted octanol–water partition coefficient (Wildman–Crippen LogP) is 8.11. The maximum Gasteiger partial charge on any atom is 0.230 e. The lowest BCUT2D eigenvalue weighted by atomic mass is 9.48. The van der Waals surface area contributed by atoms with E-state index in [1.165, 1.54) is 49.7 Å². The van der Waals surface area contributed by atoms with Crippen LogP contribution < -0.4 is 5.32 Å². The van der Waals surface area contributed by atoms with Gasteiger partial charge in [-0.2, -0.15) is 0 Å². The van der Waals surface area contributed by atoms with Crippen molar-refractivity contribution in [3.8, 4) is 0 Å². The number of rotatable bonds is 5. The molecule has 3 aliphatic carbocycles. The summed E-state index contributed by atoms with van der Waals surface area (Å²) in [7, 11) is 0. The van der Waals surface area contributed by atoms with E-state index in [0.29, 0.717) is 5.92 Å². The van der Waals surface area contributed by atoms with Gasteiger partial charge >= 0.3 is 0 Å². The van der Waals surface area contributed by atoms with Crippen LogP contribution in [0.25, 0.3) is 0 Å². The van der Waals surface area contributed by atoms with Gasteiger partial charge in [-0.3, -0.25) is 4.79 Å². The van der Waals surface area contributed by atoms with Crippen LogP contribution in [-0.4, -0.2) is 5.91 Å². The minimum absolute atomic E-state index is 0.206. The fraction of sp³-hybridized carbons (Fsp3) is 0.700. The molecule has 1 N–H and O–H groups in total. The Morgan fingerprint density at radius 1 is 1.06 bits per heavy atom. The molecule has 0 spiro atoms. The SMILES string of the molecule is CCc1cccc(CC)c1NC(=O)[C@]1(C)CCCC2(C)C3=C(CCC21)CC(C(C)C)CC3. The third-order valence-electron chi connectivity index (χ3n) is 9.75. The van der Waals surface area contributed by atoms with Gasteiger partial charge in [0.05, 0.1) is 5.41 Å². The number of allylic oxidation sites excluding steroid dienone is 2. The fourth-order valence-electron chi connectivity index (χ4n) is 7.68. The number of hydrogen-bond donors (Lipinski definition) is 1. The number of benzene rings is 1. The van der Waals surface area contributed by atoms with E-state index in [4.69, 9.17) is 0 Å². The van der Waals surface area contributed by atoms with Crippen LogP contribution in [-0.2, 0) is 17.6 Å². The molecule has 0 radical (unpaired) electrons. The lowest BCUT2D eigenvalue weighted by Gasteiger charge is -2.56. The summed E-state index contributed by atoms with van der Waals surface area (Å²) in [6.45, 7) is 14.0. The van der Waals surface area contributed by atoms with Crippen molar-refractivity contribution in [3.63, 3.8) is 0 Å². The molecule has 0 aromatic heterocycles. The molecule has 3 aliphatic rings. The summed E-state index contributed by atoms with van der Waals surface area (Å²) >= 11 is 0. The number of fused-ring (bicyclic) bond motifs is 2. The van der Waals surface area contributed by atoms with Gasteiger partial charge in [-0.25, -0.2) is 0 Å². The second kappa shape index (κ2) is 8.99. The molecule has 1 aromatic carbocycles. The summed E-state index contributed by atoms with van der Waals surface area (Å²) in [4.78, 5) is 14.0. The van der Waals surface area contributed by atoms with Crippen LogP contribution in [0.15, 0.2) is 29.3 Å². The van der Waals surface area contributed by atoms with Crippen LogP contribution in [0.3, 0.4) is 0 Å². The standard InChI is InChI=1S/C30H45NO/c1-7-21-11-9-12-22(8-2)27(21)31-28(32)30(6)18-10-17-29(5)25-15-13-23(20(3)4)19-24(25)14-16-26(29)30/h9,11-12,20,23,26H,7-8,10,13-19H2,1-6H3,(H,31,32)/t23?,26?,29?,30-/m1/s1. The average molecular weight is 436 g/mol. The van der Waals surface area contributed by atoms with E-state index in [2.05, 4.69) is 65.1 Å². The van der Waals surface area contributed by atoms with E-state index >= 15 is 0 Å². The Morgan fingerprint density at radius 3 is 2.38 bits per heavy atom. The minimum atomic E-state index is -0.285. The van der Waals surface area contributed by atoms with E-state index in [1.807, 2.05) is 0 Å². The highest BCUT2D eigenvalue weighted by Crippen LogP contribution is 2.62.